The average molecular weight is 269 g/mol. The number of ether oxygens (including phenoxy) is 1. The lowest BCUT2D eigenvalue weighted by Crippen LogP contribution is -1.88. The molecule has 0 heterocycles. The van der Waals surface area contributed by atoms with Crippen molar-refractivity contribution in [3.8, 4) is 11.5 Å². The molecule has 0 saturated carbocycles. The molecule has 0 N–H and O–H groups in total. The molecule has 0 spiro atoms. The molecule has 0 aliphatic rings. The molecule has 0 fully saturated rings. The second-order valence-corrected chi connectivity index (χ2v) is 4.62. The molecule has 3 aromatic carbocycles. The third kappa shape index (κ3) is 2.56. The predicted molar refractivity (Wildman–Crippen MR) is 80.0 cm³/mol. The minimum absolute atomic E-state index is 0.479. The summed E-state index contributed by atoms with van der Waals surface area (Å²) in [4.78, 5) is 0. The summed E-state index contributed by atoms with van der Waals surface area (Å²) in [6.07, 6.45) is 0. The molecule has 0 unspecified atom stereocenters. The Hall–Kier alpha value is -1.99. The third-order valence-electron chi connectivity index (χ3n) is 3.04. The largest absolute Gasteiger partial charge is 0.457 e. The number of alkyl halides is 1. The molecule has 2 heteroatoms. The second kappa shape index (κ2) is 5.33. The van der Waals surface area contributed by atoms with Crippen LogP contribution in [-0.4, -0.2) is 0 Å². The van der Waals surface area contributed by atoms with Crippen LogP contribution in [0.15, 0.2) is 66.7 Å². The van der Waals surface area contributed by atoms with E-state index in [1.54, 1.807) is 0 Å². The van der Waals surface area contributed by atoms with Crippen LogP contribution < -0.4 is 4.74 Å². The summed E-state index contributed by atoms with van der Waals surface area (Å²) in [5.74, 6) is 2.13. The van der Waals surface area contributed by atoms with Gasteiger partial charge in [-0.1, -0.05) is 42.5 Å². The van der Waals surface area contributed by atoms with Gasteiger partial charge < -0.3 is 4.74 Å². The summed E-state index contributed by atoms with van der Waals surface area (Å²) in [7, 11) is 0. The van der Waals surface area contributed by atoms with Gasteiger partial charge in [0.05, 0.1) is 0 Å². The fourth-order valence-electron chi connectivity index (χ4n) is 2.15. The number of hydrogen-bond acceptors (Lipinski definition) is 1. The highest BCUT2D eigenvalue weighted by atomic mass is 35.5. The van der Waals surface area contributed by atoms with Crippen LogP contribution in [0.5, 0.6) is 11.5 Å². The molecule has 0 radical (unpaired) electrons. The molecule has 19 heavy (non-hydrogen) atoms. The lowest BCUT2D eigenvalue weighted by Gasteiger charge is -2.10. The Bertz CT molecular complexity index is 692. The standard InChI is InChI=1S/C17H13ClO/c18-12-14-11-16(19-15-7-2-1-3-8-15)10-13-6-4-5-9-17(13)14/h1-11H,12H2. The minimum Gasteiger partial charge on any atom is -0.457 e. The van der Waals surface area contributed by atoms with E-state index in [1.807, 2.05) is 54.6 Å². The van der Waals surface area contributed by atoms with Gasteiger partial charge in [0.1, 0.15) is 11.5 Å². The smallest absolute Gasteiger partial charge is 0.128 e. The topological polar surface area (TPSA) is 9.23 Å². The molecule has 0 bridgehead atoms. The molecule has 0 saturated heterocycles. The monoisotopic (exact) mass is 268 g/mol. The Morgan fingerprint density at radius 3 is 2.32 bits per heavy atom. The molecule has 0 aromatic heterocycles. The van der Waals surface area contributed by atoms with Gasteiger partial charge in [-0.05, 0) is 40.6 Å². The summed E-state index contributed by atoms with van der Waals surface area (Å²) < 4.78 is 5.87. The summed E-state index contributed by atoms with van der Waals surface area (Å²) in [6, 6.07) is 22.0. The van der Waals surface area contributed by atoms with E-state index in [0.717, 1.165) is 22.4 Å². The van der Waals surface area contributed by atoms with Gasteiger partial charge in [-0.2, -0.15) is 0 Å². The first-order valence-corrected chi connectivity index (χ1v) is 6.71. The van der Waals surface area contributed by atoms with Crippen LogP contribution in [0.3, 0.4) is 0 Å². The van der Waals surface area contributed by atoms with Gasteiger partial charge in [0, 0.05) is 5.88 Å². The Balaban J connectivity index is 2.05. The van der Waals surface area contributed by atoms with Gasteiger partial charge in [0.15, 0.2) is 0 Å². The number of benzene rings is 3. The first-order chi connectivity index (χ1) is 9.36. The van der Waals surface area contributed by atoms with Crippen molar-refractivity contribution in [3.63, 3.8) is 0 Å². The van der Waals surface area contributed by atoms with Crippen molar-refractivity contribution in [2.75, 3.05) is 0 Å². The van der Waals surface area contributed by atoms with Crippen molar-refractivity contribution >= 4 is 22.4 Å². The van der Waals surface area contributed by atoms with Gasteiger partial charge in [-0.3, -0.25) is 0 Å². The summed E-state index contributed by atoms with van der Waals surface area (Å²) in [5.41, 5.74) is 1.09. The molecule has 0 aliphatic carbocycles. The van der Waals surface area contributed by atoms with E-state index in [9.17, 15) is 0 Å². The van der Waals surface area contributed by atoms with E-state index in [-0.39, 0.29) is 0 Å². The summed E-state index contributed by atoms with van der Waals surface area (Å²) in [6.45, 7) is 0. The van der Waals surface area contributed by atoms with Gasteiger partial charge in [0.2, 0.25) is 0 Å². The minimum atomic E-state index is 0.479. The van der Waals surface area contributed by atoms with E-state index in [2.05, 4.69) is 12.1 Å². The zero-order valence-corrected chi connectivity index (χ0v) is 11.1. The maximum Gasteiger partial charge on any atom is 0.128 e. The number of para-hydroxylation sites is 1. The lowest BCUT2D eigenvalue weighted by atomic mass is 10.1. The van der Waals surface area contributed by atoms with Crippen LogP contribution in [0.2, 0.25) is 0 Å². The molecule has 0 atom stereocenters. The summed E-state index contributed by atoms with van der Waals surface area (Å²) in [5, 5.41) is 2.32. The van der Waals surface area contributed by atoms with Crippen molar-refractivity contribution in [2.45, 2.75) is 5.88 Å². The first kappa shape index (κ1) is 12.1. The molecule has 3 aromatic rings. The van der Waals surface area contributed by atoms with E-state index in [0.29, 0.717) is 5.88 Å². The van der Waals surface area contributed by atoms with Crippen LogP contribution in [0, 0.1) is 0 Å². The van der Waals surface area contributed by atoms with Gasteiger partial charge in [-0.15, -0.1) is 11.6 Å². The molecule has 94 valence electrons. The molecular weight excluding hydrogens is 256 g/mol. The van der Waals surface area contributed by atoms with Gasteiger partial charge in [0.25, 0.3) is 0 Å². The Kier molecular flexibility index (Phi) is 3.39. The van der Waals surface area contributed by atoms with E-state index >= 15 is 0 Å². The van der Waals surface area contributed by atoms with E-state index in [4.69, 9.17) is 16.3 Å². The Morgan fingerprint density at radius 2 is 1.53 bits per heavy atom. The molecule has 1 nitrogen and oxygen atoms in total. The van der Waals surface area contributed by atoms with Crippen molar-refractivity contribution < 1.29 is 4.74 Å². The lowest BCUT2D eigenvalue weighted by molar-refractivity contribution is 0.483. The van der Waals surface area contributed by atoms with Crippen molar-refractivity contribution in [1.82, 2.24) is 0 Å². The zero-order chi connectivity index (χ0) is 13.1. The number of rotatable bonds is 3. The Labute approximate surface area is 117 Å². The molecule has 3 rings (SSSR count). The number of fused-ring (bicyclic) bond motifs is 1. The van der Waals surface area contributed by atoms with Gasteiger partial charge >= 0.3 is 0 Å². The van der Waals surface area contributed by atoms with Gasteiger partial charge in [-0.25, -0.2) is 0 Å². The first-order valence-electron chi connectivity index (χ1n) is 6.17. The normalized spacial score (nSPS) is 10.6. The van der Waals surface area contributed by atoms with E-state index in [1.165, 1.54) is 5.39 Å². The fraction of sp³-hybridized carbons (Fsp3) is 0.0588. The molecular formula is C17H13ClO. The van der Waals surface area contributed by atoms with Crippen LogP contribution in [0.25, 0.3) is 10.8 Å². The third-order valence-corrected chi connectivity index (χ3v) is 3.33. The predicted octanol–water partition coefficient (Wildman–Crippen LogP) is 5.37. The van der Waals surface area contributed by atoms with Crippen LogP contribution in [0.4, 0.5) is 0 Å². The molecule has 0 aliphatic heterocycles. The highest BCUT2D eigenvalue weighted by Gasteiger charge is 2.04. The van der Waals surface area contributed by atoms with Crippen LogP contribution >= 0.6 is 11.6 Å². The SMILES string of the molecule is ClCc1cc(Oc2ccccc2)cc2ccccc12. The Morgan fingerprint density at radius 1 is 0.789 bits per heavy atom. The van der Waals surface area contributed by atoms with Crippen LogP contribution in [-0.2, 0) is 5.88 Å². The maximum absolute atomic E-state index is 6.03. The highest BCUT2D eigenvalue weighted by molar-refractivity contribution is 6.18. The van der Waals surface area contributed by atoms with E-state index < -0.39 is 0 Å². The van der Waals surface area contributed by atoms with Crippen molar-refractivity contribution in [2.24, 2.45) is 0 Å². The molecule has 0 amide bonds. The maximum atomic E-state index is 6.03. The van der Waals surface area contributed by atoms with Crippen molar-refractivity contribution in [1.29, 1.82) is 0 Å². The quantitative estimate of drug-likeness (QED) is 0.580. The second-order valence-electron chi connectivity index (χ2n) is 4.35. The average Bonchev–Trinajstić information content (AvgIpc) is 2.47. The number of hydrogen-bond donors (Lipinski definition) is 0. The van der Waals surface area contributed by atoms with Crippen molar-refractivity contribution in [3.05, 3.63) is 72.3 Å². The summed E-state index contributed by atoms with van der Waals surface area (Å²) >= 11 is 6.03. The highest BCUT2D eigenvalue weighted by Crippen LogP contribution is 2.29. The fourth-order valence-corrected chi connectivity index (χ4v) is 2.37. The van der Waals surface area contributed by atoms with Crippen LogP contribution in [0.1, 0.15) is 5.56 Å². The zero-order valence-electron chi connectivity index (χ0n) is 10.3. The number of halogens is 1.